The van der Waals surface area contributed by atoms with Gasteiger partial charge < -0.3 is 16.2 Å². The van der Waals surface area contributed by atoms with Crippen molar-refractivity contribution in [3.8, 4) is 0 Å². The summed E-state index contributed by atoms with van der Waals surface area (Å²) in [6.07, 6.45) is -0.168. The number of esters is 1. The SMILES string of the molecule is CCOC(=O)C(N)CC(N)=O.Cl.Cl. The predicted octanol–water partition coefficient (Wildman–Crippen LogP) is -0.404. The van der Waals surface area contributed by atoms with Crippen LogP contribution in [-0.2, 0) is 14.3 Å². The van der Waals surface area contributed by atoms with Crippen LogP contribution in [0.2, 0.25) is 0 Å². The molecule has 80 valence electrons. The minimum absolute atomic E-state index is 0. The van der Waals surface area contributed by atoms with E-state index in [-0.39, 0.29) is 37.8 Å². The van der Waals surface area contributed by atoms with Gasteiger partial charge in [0.15, 0.2) is 0 Å². The third kappa shape index (κ3) is 9.39. The number of hydrogen-bond acceptors (Lipinski definition) is 4. The van der Waals surface area contributed by atoms with Crippen LogP contribution >= 0.6 is 24.8 Å². The molecule has 0 aliphatic rings. The van der Waals surface area contributed by atoms with Crippen molar-refractivity contribution < 1.29 is 14.3 Å². The van der Waals surface area contributed by atoms with Gasteiger partial charge in [0, 0.05) is 0 Å². The number of hydrogen-bond donors (Lipinski definition) is 2. The minimum atomic E-state index is -0.924. The first-order chi connectivity index (χ1) is 5.07. The summed E-state index contributed by atoms with van der Waals surface area (Å²) in [7, 11) is 0. The van der Waals surface area contributed by atoms with E-state index in [1.807, 2.05) is 0 Å². The Labute approximate surface area is 89.0 Å². The summed E-state index contributed by atoms with van der Waals surface area (Å²) >= 11 is 0. The lowest BCUT2D eigenvalue weighted by Crippen LogP contribution is -2.36. The second-order valence-electron chi connectivity index (χ2n) is 2.03. The molecule has 1 amide bonds. The third-order valence-electron chi connectivity index (χ3n) is 1.01. The third-order valence-corrected chi connectivity index (χ3v) is 1.01. The molecular formula is C6H14Cl2N2O3. The first kappa shape index (κ1) is 18.3. The normalized spacial score (nSPS) is 10.3. The Morgan fingerprint density at radius 3 is 2.15 bits per heavy atom. The molecule has 0 aromatic heterocycles. The first-order valence-corrected chi connectivity index (χ1v) is 3.28. The topological polar surface area (TPSA) is 95.4 Å². The van der Waals surface area contributed by atoms with Crippen molar-refractivity contribution in [2.75, 3.05) is 6.61 Å². The highest BCUT2D eigenvalue weighted by Gasteiger charge is 2.16. The number of ether oxygens (including phenoxy) is 1. The molecule has 0 saturated heterocycles. The molecule has 0 rings (SSSR count). The van der Waals surface area contributed by atoms with Gasteiger partial charge >= 0.3 is 5.97 Å². The summed E-state index contributed by atoms with van der Waals surface area (Å²) in [5.41, 5.74) is 10.0. The monoisotopic (exact) mass is 232 g/mol. The number of halogens is 2. The quantitative estimate of drug-likeness (QED) is 0.645. The van der Waals surface area contributed by atoms with Gasteiger partial charge in [0.2, 0.25) is 5.91 Å². The van der Waals surface area contributed by atoms with Gasteiger partial charge in [-0.1, -0.05) is 0 Å². The summed E-state index contributed by atoms with van der Waals surface area (Å²) in [6, 6.07) is -0.924. The molecule has 0 aromatic carbocycles. The van der Waals surface area contributed by atoms with E-state index in [2.05, 4.69) is 4.74 Å². The van der Waals surface area contributed by atoms with E-state index >= 15 is 0 Å². The maximum Gasteiger partial charge on any atom is 0.323 e. The first-order valence-electron chi connectivity index (χ1n) is 3.28. The van der Waals surface area contributed by atoms with Crippen molar-refractivity contribution in [2.24, 2.45) is 11.5 Å². The average molecular weight is 233 g/mol. The molecule has 0 aliphatic carbocycles. The zero-order valence-corrected chi connectivity index (χ0v) is 8.82. The smallest absolute Gasteiger partial charge is 0.323 e. The van der Waals surface area contributed by atoms with Crippen LogP contribution in [0.25, 0.3) is 0 Å². The van der Waals surface area contributed by atoms with Gasteiger partial charge in [0.1, 0.15) is 6.04 Å². The molecule has 0 heterocycles. The molecule has 13 heavy (non-hydrogen) atoms. The Hall–Kier alpha value is -0.520. The van der Waals surface area contributed by atoms with Crippen molar-refractivity contribution in [2.45, 2.75) is 19.4 Å². The summed E-state index contributed by atoms with van der Waals surface area (Å²) in [5.74, 6) is -1.20. The largest absolute Gasteiger partial charge is 0.465 e. The zero-order chi connectivity index (χ0) is 8.85. The van der Waals surface area contributed by atoms with Gasteiger partial charge in [-0.2, -0.15) is 0 Å². The van der Waals surface area contributed by atoms with Crippen LogP contribution < -0.4 is 11.5 Å². The minimum Gasteiger partial charge on any atom is -0.465 e. The number of rotatable bonds is 4. The summed E-state index contributed by atoms with van der Waals surface area (Å²) in [5, 5.41) is 0. The second-order valence-corrected chi connectivity index (χ2v) is 2.03. The van der Waals surface area contributed by atoms with E-state index in [0.717, 1.165) is 0 Å². The van der Waals surface area contributed by atoms with Crippen molar-refractivity contribution in [1.29, 1.82) is 0 Å². The molecule has 1 unspecified atom stereocenters. The fourth-order valence-corrected chi connectivity index (χ4v) is 0.549. The van der Waals surface area contributed by atoms with E-state index in [1.165, 1.54) is 0 Å². The van der Waals surface area contributed by atoms with Gasteiger partial charge in [-0.15, -0.1) is 24.8 Å². The number of amides is 1. The second kappa shape index (κ2) is 9.57. The number of nitrogens with two attached hydrogens (primary N) is 2. The maximum atomic E-state index is 10.7. The molecule has 0 aliphatic heterocycles. The highest BCUT2D eigenvalue weighted by atomic mass is 35.5. The van der Waals surface area contributed by atoms with Gasteiger partial charge in [-0.05, 0) is 6.92 Å². The Kier molecular flexibility index (Phi) is 13.5. The molecular weight excluding hydrogens is 219 g/mol. The summed E-state index contributed by atoms with van der Waals surface area (Å²) < 4.78 is 4.53. The van der Waals surface area contributed by atoms with Crippen molar-refractivity contribution in [3.63, 3.8) is 0 Å². The molecule has 0 bridgehead atoms. The van der Waals surface area contributed by atoms with Crippen molar-refractivity contribution >= 4 is 36.7 Å². The zero-order valence-electron chi connectivity index (χ0n) is 7.19. The molecule has 7 heteroatoms. The molecule has 1 atom stereocenters. The van der Waals surface area contributed by atoms with Crippen molar-refractivity contribution in [1.82, 2.24) is 0 Å². The summed E-state index contributed by atoms with van der Waals surface area (Å²) in [4.78, 5) is 21.0. The fraction of sp³-hybridized carbons (Fsp3) is 0.667. The Bertz CT molecular complexity index is 166. The van der Waals surface area contributed by atoms with Crippen LogP contribution in [0.5, 0.6) is 0 Å². The van der Waals surface area contributed by atoms with E-state index < -0.39 is 17.9 Å². The molecule has 0 aromatic rings. The van der Waals surface area contributed by atoms with Crippen LogP contribution in [0.4, 0.5) is 0 Å². The lowest BCUT2D eigenvalue weighted by atomic mass is 10.2. The van der Waals surface area contributed by atoms with Gasteiger partial charge in [-0.3, -0.25) is 9.59 Å². The average Bonchev–Trinajstić information content (AvgIpc) is 1.86. The molecule has 0 fully saturated rings. The van der Waals surface area contributed by atoms with Gasteiger partial charge in [0.05, 0.1) is 13.0 Å². The predicted molar refractivity (Wildman–Crippen MR) is 52.9 cm³/mol. The van der Waals surface area contributed by atoms with Gasteiger partial charge in [0.25, 0.3) is 0 Å². The summed E-state index contributed by atoms with van der Waals surface area (Å²) in [6.45, 7) is 1.92. The maximum absolute atomic E-state index is 10.7. The van der Waals surface area contributed by atoms with Crippen LogP contribution in [0, 0.1) is 0 Å². The standard InChI is InChI=1S/C6H12N2O3.2ClH/c1-2-11-6(10)4(7)3-5(8)9;;/h4H,2-3,7H2,1H3,(H2,8,9);2*1H. The van der Waals surface area contributed by atoms with Crippen LogP contribution in [0.3, 0.4) is 0 Å². The lowest BCUT2D eigenvalue weighted by Gasteiger charge is -2.06. The lowest BCUT2D eigenvalue weighted by molar-refractivity contribution is -0.145. The van der Waals surface area contributed by atoms with Crippen molar-refractivity contribution in [3.05, 3.63) is 0 Å². The fourth-order valence-electron chi connectivity index (χ4n) is 0.549. The van der Waals surface area contributed by atoms with E-state index in [0.29, 0.717) is 0 Å². The number of carbonyl (C=O) groups excluding carboxylic acids is 2. The highest BCUT2D eigenvalue weighted by Crippen LogP contribution is 1.90. The molecule has 4 N–H and O–H groups in total. The Balaban J connectivity index is -0.000000500. The Morgan fingerprint density at radius 2 is 1.85 bits per heavy atom. The highest BCUT2D eigenvalue weighted by molar-refractivity contribution is 5.85. The molecule has 0 radical (unpaired) electrons. The number of primary amides is 1. The van der Waals surface area contributed by atoms with Gasteiger partial charge in [-0.25, -0.2) is 0 Å². The molecule has 0 saturated carbocycles. The molecule has 0 spiro atoms. The number of carbonyl (C=O) groups is 2. The van der Waals surface area contributed by atoms with E-state index in [1.54, 1.807) is 6.92 Å². The van der Waals surface area contributed by atoms with Crippen LogP contribution in [-0.4, -0.2) is 24.5 Å². The van der Waals surface area contributed by atoms with E-state index in [9.17, 15) is 9.59 Å². The molecule has 5 nitrogen and oxygen atoms in total. The van der Waals surface area contributed by atoms with Crippen LogP contribution in [0.1, 0.15) is 13.3 Å². The van der Waals surface area contributed by atoms with E-state index in [4.69, 9.17) is 11.5 Å². The van der Waals surface area contributed by atoms with Crippen LogP contribution in [0.15, 0.2) is 0 Å². The Morgan fingerprint density at radius 1 is 1.38 bits per heavy atom.